The van der Waals surface area contributed by atoms with Crippen molar-refractivity contribution in [3.05, 3.63) is 52.9 Å². The van der Waals surface area contributed by atoms with E-state index in [2.05, 4.69) is 29.2 Å². The highest BCUT2D eigenvalue weighted by atomic mass is 32.2. The van der Waals surface area contributed by atoms with E-state index in [4.69, 9.17) is 0 Å². The van der Waals surface area contributed by atoms with Gasteiger partial charge in [-0.2, -0.15) is 0 Å². The van der Waals surface area contributed by atoms with Crippen molar-refractivity contribution in [2.24, 2.45) is 0 Å². The maximum absolute atomic E-state index is 11.3. The minimum atomic E-state index is -3.03. The second kappa shape index (κ2) is 5.00. The van der Waals surface area contributed by atoms with Gasteiger partial charge in [0.15, 0.2) is 9.84 Å². The molecule has 1 aromatic heterocycles. The molecule has 1 heterocycles. The van der Waals surface area contributed by atoms with E-state index in [1.54, 1.807) is 0 Å². The quantitative estimate of drug-likeness (QED) is 0.744. The first-order valence-electron chi connectivity index (χ1n) is 6.12. The topological polar surface area (TPSA) is 47.0 Å². The number of sulfone groups is 1. The van der Waals surface area contributed by atoms with E-state index in [-0.39, 0.29) is 5.75 Å². The van der Waals surface area contributed by atoms with Crippen molar-refractivity contribution < 1.29 is 8.42 Å². The number of nitrogens with zero attached hydrogens (tertiary/aromatic N) is 1. The highest BCUT2D eigenvalue weighted by molar-refractivity contribution is 7.90. The molecule has 3 aromatic rings. The molecule has 0 aliphatic rings. The maximum Gasteiger partial charge on any atom is 0.153 e. The minimum absolute atomic E-state index is 0.00521. The Morgan fingerprint density at radius 2 is 1.85 bits per heavy atom. The van der Waals surface area contributed by atoms with Crippen molar-refractivity contribution in [3.8, 4) is 11.3 Å². The van der Waals surface area contributed by atoms with E-state index in [0.717, 1.165) is 16.6 Å². The maximum atomic E-state index is 11.3. The SMILES string of the molecule is CS(=O)(=O)Cc1nc(-c2ccc3ccccc3c2)cs1. The second-order valence-corrected chi connectivity index (χ2v) is 7.84. The summed E-state index contributed by atoms with van der Waals surface area (Å²) >= 11 is 1.39. The van der Waals surface area contributed by atoms with Gasteiger partial charge in [-0.3, -0.25) is 0 Å². The van der Waals surface area contributed by atoms with Gasteiger partial charge < -0.3 is 0 Å². The lowest BCUT2D eigenvalue weighted by molar-refractivity contribution is 0.601. The van der Waals surface area contributed by atoms with Crippen LogP contribution in [0.1, 0.15) is 5.01 Å². The molecule has 0 saturated carbocycles. The number of aromatic nitrogens is 1. The third kappa shape index (κ3) is 2.89. The molecule has 2 aromatic carbocycles. The van der Waals surface area contributed by atoms with Crippen LogP contribution in [0.3, 0.4) is 0 Å². The second-order valence-electron chi connectivity index (χ2n) is 4.76. The van der Waals surface area contributed by atoms with E-state index < -0.39 is 9.84 Å². The number of hydrogen-bond acceptors (Lipinski definition) is 4. The van der Waals surface area contributed by atoms with Gasteiger partial charge in [-0.25, -0.2) is 13.4 Å². The van der Waals surface area contributed by atoms with Crippen molar-refractivity contribution in [2.45, 2.75) is 5.75 Å². The van der Waals surface area contributed by atoms with Crippen LogP contribution in [0.5, 0.6) is 0 Å². The number of thiazole rings is 1. The third-order valence-electron chi connectivity index (χ3n) is 2.98. The summed E-state index contributed by atoms with van der Waals surface area (Å²) in [5.74, 6) is 0.00521. The Morgan fingerprint density at radius 1 is 1.10 bits per heavy atom. The molecule has 5 heteroatoms. The first kappa shape index (κ1) is 13.3. The van der Waals surface area contributed by atoms with Gasteiger partial charge in [0.05, 0.1) is 5.69 Å². The third-order valence-corrected chi connectivity index (χ3v) is 4.81. The first-order valence-corrected chi connectivity index (χ1v) is 9.07. The predicted octanol–water partition coefficient (Wildman–Crippen LogP) is 3.51. The molecule has 3 rings (SSSR count). The van der Waals surface area contributed by atoms with Crippen LogP contribution in [-0.2, 0) is 15.6 Å². The van der Waals surface area contributed by atoms with Gasteiger partial charge in [0, 0.05) is 17.2 Å². The lowest BCUT2D eigenvalue weighted by Gasteiger charge is -2.00. The van der Waals surface area contributed by atoms with Crippen LogP contribution < -0.4 is 0 Å². The van der Waals surface area contributed by atoms with Crippen LogP contribution in [0.2, 0.25) is 0 Å². The molecular formula is C15H13NO2S2. The average molecular weight is 303 g/mol. The van der Waals surface area contributed by atoms with E-state index in [9.17, 15) is 8.42 Å². The molecule has 0 aliphatic carbocycles. The normalized spacial score (nSPS) is 11.8. The van der Waals surface area contributed by atoms with Gasteiger partial charge in [0.1, 0.15) is 10.8 Å². The molecular weight excluding hydrogens is 290 g/mol. The molecule has 0 N–H and O–H groups in total. The van der Waals surface area contributed by atoms with Crippen LogP contribution in [0.15, 0.2) is 47.8 Å². The summed E-state index contributed by atoms with van der Waals surface area (Å²) in [5.41, 5.74) is 1.85. The lowest BCUT2D eigenvalue weighted by Crippen LogP contribution is -1.99. The van der Waals surface area contributed by atoms with Gasteiger partial charge in [-0.05, 0) is 16.8 Å². The van der Waals surface area contributed by atoms with Gasteiger partial charge in [-0.1, -0.05) is 36.4 Å². The predicted molar refractivity (Wildman–Crippen MR) is 83.6 cm³/mol. The molecule has 3 nitrogen and oxygen atoms in total. The molecule has 0 fully saturated rings. The molecule has 0 aliphatic heterocycles. The van der Waals surface area contributed by atoms with Gasteiger partial charge in [-0.15, -0.1) is 11.3 Å². The number of benzene rings is 2. The minimum Gasteiger partial charge on any atom is -0.240 e. The Labute approximate surface area is 121 Å². The largest absolute Gasteiger partial charge is 0.240 e. The van der Waals surface area contributed by atoms with Gasteiger partial charge in [0.2, 0.25) is 0 Å². The molecule has 0 amide bonds. The Kier molecular flexibility index (Phi) is 3.31. The number of hydrogen-bond donors (Lipinski definition) is 0. The fraction of sp³-hybridized carbons (Fsp3) is 0.133. The van der Waals surface area contributed by atoms with Gasteiger partial charge >= 0.3 is 0 Å². The summed E-state index contributed by atoms with van der Waals surface area (Å²) in [7, 11) is -3.03. The lowest BCUT2D eigenvalue weighted by atomic mass is 10.1. The molecule has 0 saturated heterocycles. The van der Waals surface area contributed by atoms with Crippen LogP contribution in [-0.4, -0.2) is 19.7 Å². The highest BCUT2D eigenvalue weighted by Gasteiger charge is 2.10. The van der Waals surface area contributed by atoms with Crippen LogP contribution >= 0.6 is 11.3 Å². The number of rotatable bonds is 3. The first-order chi connectivity index (χ1) is 9.51. The van der Waals surface area contributed by atoms with Gasteiger partial charge in [0.25, 0.3) is 0 Å². The molecule has 20 heavy (non-hydrogen) atoms. The summed E-state index contributed by atoms with van der Waals surface area (Å²) in [6, 6.07) is 14.3. The summed E-state index contributed by atoms with van der Waals surface area (Å²) in [5, 5.41) is 4.88. The monoisotopic (exact) mass is 303 g/mol. The summed E-state index contributed by atoms with van der Waals surface area (Å²) in [4.78, 5) is 4.41. The standard InChI is InChI=1S/C15H13NO2S2/c1-20(17,18)10-15-16-14(9-19-15)13-7-6-11-4-2-3-5-12(11)8-13/h2-9H,10H2,1H3. The van der Waals surface area contributed by atoms with E-state index in [1.807, 2.05) is 23.6 Å². The molecule has 0 atom stereocenters. The fourth-order valence-electron chi connectivity index (χ4n) is 2.08. The van der Waals surface area contributed by atoms with Crippen LogP contribution in [0.4, 0.5) is 0 Å². The van der Waals surface area contributed by atoms with E-state index in [1.165, 1.54) is 23.0 Å². The van der Waals surface area contributed by atoms with Crippen LogP contribution in [0.25, 0.3) is 22.0 Å². The zero-order valence-corrected chi connectivity index (χ0v) is 12.5. The van der Waals surface area contributed by atoms with Crippen molar-refractivity contribution in [3.63, 3.8) is 0 Å². The number of fused-ring (bicyclic) bond motifs is 1. The highest BCUT2D eigenvalue weighted by Crippen LogP contribution is 2.26. The summed E-state index contributed by atoms with van der Waals surface area (Å²) < 4.78 is 22.6. The van der Waals surface area contributed by atoms with E-state index in [0.29, 0.717) is 5.01 Å². The van der Waals surface area contributed by atoms with Crippen molar-refractivity contribution in [1.82, 2.24) is 4.98 Å². The van der Waals surface area contributed by atoms with Crippen molar-refractivity contribution in [2.75, 3.05) is 6.26 Å². The summed E-state index contributed by atoms with van der Waals surface area (Å²) in [6.07, 6.45) is 1.23. The molecule has 0 bridgehead atoms. The zero-order chi connectivity index (χ0) is 14.2. The molecule has 0 spiro atoms. The molecule has 0 radical (unpaired) electrons. The average Bonchev–Trinajstić information content (AvgIpc) is 2.84. The van der Waals surface area contributed by atoms with Crippen LogP contribution in [0, 0.1) is 0 Å². The van der Waals surface area contributed by atoms with E-state index >= 15 is 0 Å². The Balaban J connectivity index is 1.99. The Morgan fingerprint density at radius 3 is 2.60 bits per heavy atom. The molecule has 102 valence electrons. The van der Waals surface area contributed by atoms with Crippen molar-refractivity contribution in [1.29, 1.82) is 0 Å². The molecule has 0 unspecified atom stereocenters. The fourth-order valence-corrected chi connectivity index (χ4v) is 4.10. The zero-order valence-electron chi connectivity index (χ0n) is 10.9. The Bertz CT molecular complexity index is 866. The Hall–Kier alpha value is -1.72. The smallest absolute Gasteiger partial charge is 0.153 e. The van der Waals surface area contributed by atoms with Crippen molar-refractivity contribution >= 4 is 31.9 Å². The summed E-state index contributed by atoms with van der Waals surface area (Å²) in [6.45, 7) is 0.